The monoisotopic (exact) mass is 578 g/mol. The zero-order valence-corrected chi connectivity index (χ0v) is 25.2. The number of benzene rings is 1. The molecule has 2 unspecified atom stereocenters. The summed E-state index contributed by atoms with van der Waals surface area (Å²) in [6.07, 6.45) is -2.68. The molecule has 0 saturated heterocycles. The number of ketones is 1. The number of hydrogen-bond donors (Lipinski definition) is 0. The summed E-state index contributed by atoms with van der Waals surface area (Å²) in [6, 6.07) is 0.866. The third-order valence-corrected chi connectivity index (χ3v) is 10.4. The van der Waals surface area contributed by atoms with E-state index in [4.69, 9.17) is 14.2 Å². The lowest BCUT2D eigenvalue weighted by Crippen LogP contribution is -2.23. The molecular formula is C26H38F3O7PSi. The molecule has 1 aromatic rings. The Hall–Kier alpha value is -2.10. The summed E-state index contributed by atoms with van der Waals surface area (Å²) in [5, 5.41) is 0. The summed E-state index contributed by atoms with van der Waals surface area (Å²) in [4.78, 5) is 24.9. The Bertz CT molecular complexity index is 1140. The van der Waals surface area contributed by atoms with Crippen LogP contribution in [0.15, 0.2) is 11.6 Å². The van der Waals surface area contributed by atoms with Gasteiger partial charge in [0.15, 0.2) is 0 Å². The van der Waals surface area contributed by atoms with E-state index in [2.05, 4.69) is 24.2 Å². The highest BCUT2D eigenvalue weighted by atomic mass is 31.2. The second-order valence-electron chi connectivity index (χ2n) is 10.9. The predicted molar refractivity (Wildman–Crippen MR) is 143 cm³/mol. The fourth-order valence-electron chi connectivity index (χ4n) is 4.22. The van der Waals surface area contributed by atoms with Crippen molar-refractivity contribution in [3.05, 3.63) is 33.9 Å². The van der Waals surface area contributed by atoms with Gasteiger partial charge in [-0.25, -0.2) is 4.79 Å². The minimum absolute atomic E-state index is 0.0406. The van der Waals surface area contributed by atoms with Gasteiger partial charge in [0.05, 0.1) is 19.4 Å². The van der Waals surface area contributed by atoms with E-state index in [9.17, 15) is 27.3 Å². The minimum atomic E-state index is -4.66. The molecule has 38 heavy (non-hydrogen) atoms. The maximum Gasteiger partial charge on any atom is 0.412 e. The Morgan fingerprint density at radius 1 is 1.21 bits per heavy atom. The number of ether oxygens (including phenoxy) is 3. The first-order valence-corrected chi connectivity index (χ1v) is 18.2. The number of carbonyl (C=O) groups excluding carboxylic acids is 2. The molecule has 12 heteroatoms. The molecule has 0 fully saturated rings. The van der Waals surface area contributed by atoms with Crippen molar-refractivity contribution in [3.8, 4) is 11.5 Å². The predicted octanol–water partition coefficient (Wildman–Crippen LogP) is 6.71. The number of hydrogen-bond acceptors (Lipinski definition) is 7. The van der Waals surface area contributed by atoms with Crippen LogP contribution in [0, 0.1) is 6.92 Å². The van der Waals surface area contributed by atoms with Crippen LogP contribution in [0.3, 0.4) is 0 Å². The van der Waals surface area contributed by atoms with Crippen LogP contribution < -0.4 is 9.47 Å². The van der Waals surface area contributed by atoms with Crippen molar-refractivity contribution in [2.75, 3.05) is 27.0 Å². The number of alkyl halides is 3. The van der Waals surface area contributed by atoms with E-state index in [0.717, 1.165) is 18.3 Å². The van der Waals surface area contributed by atoms with Crippen LogP contribution in [0.1, 0.15) is 47.3 Å². The summed E-state index contributed by atoms with van der Waals surface area (Å²) in [5.41, 5.74) is 1.88. The number of cyclic esters (lactones) is 1. The molecule has 1 heterocycles. The van der Waals surface area contributed by atoms with Crippen LogP contribution in [0.2, 0.25) is 25.7 Å². The largest absolute Gasteiger partial charge is 0.496 e. The van der Waals surface area contributed by atoms with Gasteiger partial charge in [-0.15, -0.1) is 0 Å². The third kappa shape index (κ3) is 8.45. The number of carbonyl (C=O) groups is 2. The topological polar surface area (TPSA) is 88.1 Å². The van der Waals surface area contributed by atoms with Crippen LogP contribution >= 0.6 is 7.37 Å². The molecule has 0 amide bonds. The summed E-state index contributed by atoms with van der Waals surface area (Å²) in [7, 11) is -3.81. The molecule has 0 aliphatic carbocycles. The van der Waals surface area contributed by atoms with Gasteiger partial charge in [-0.3, -0.25) is 9.36 Å². The first kappa shape index (κ1) is 32.1. The van der Waals surface area contributed by atoms with E-state index in [1.54, 1.807) is 13.0 Å². The van der Waals surface area contributed by atoms with Gasteiger partial charge in [0, 0.05) is 25.9 Å². The lowest BCUT2D eigenvalue weighted by Gasteiger charge is -2.24. The smallest absolute Gasteiger partial charge is 0.412 e. The van der Waals surface area contributed by atoms with E-state index in [-0.39, 0.29) is 19.4 Å². The molecule has 0 bridgehead atoms. The van der Waals surface area contributed by atoms with Crippen molar-refractivity contribution in [1.82, 2.24) is 0 Å². The molecule has 7 nitrogen and oxygen atoms in total. The number of halogens is 3. The average molecular weight is 579 g/mol. The van der Waals surface area contributed by atoms with E-state index in [0.29, 0.717) is 40.4 Å². The molecule has 2 atom stereocenters. The Labute approximate surface area is 223 Å². The van der Waals surface area contributed by atoms with Crippen molar-refractivity contribution in [2.45, 2.75) is 77.7 Å². The zero-order chi connectivity index (χ0) is 29.1. The molecule has 2 rings (SSSR count). The lowest BCUT2D eigenvalue weighted by molar-refractivity contribution is -0.153. The number of rotatable bonds is 13. The first-order valence-electron chi connectivity index (χ1n) is 12.3. The summed E-state index contributed by atoms with van der Waals surface area (Å²) >= 11 is 0. The van der Waals surface area contributed by atoms with Crippen molar-refractivity contribution < 1.29 is 46.1 Å². The highest BCUT2D eigenvalue weighted by molar-refractivity contribution is 7.60. The third-order valence-electron chi connectivity index (χ3n) is 6.41. The molecule has 1 aromatic carbocycles. The van der Waals surface area contributed by atoms with Gasteiger partial charge in [-0.05, 0) is 45.2 Å². The fourth-order valence-corrected chi connectivity index (χ4v) is 6.80. The molecule has 0 spiro atoms. The highest BCUT2D eigenvalue weighted by Gasteiger charge is 2.38. The van der Waals surface area contributed by atoms with Gasteiger partial charge >= 0.3 is 12.1 Å². The SMILES string of the molecule is COc1c(C)c2c(c(OCC[Si](C)(C)C)c1C/C=C(\C)CC(C(C)=O)P(C)(=O)OCC(F)(F)F)C(=O)OC2. The van der Waals surface area contributed by atoms with Crippen LogP contribution in [0.5, 0.6) is 11.5 Å². The van der Waals surface area contributed by atoms with E-state index >= 15 is 0 Å². The Morgan fingerprint density at radius 2 is 1.84 bits per heavy atom. The summed E-state index contributed by atoms with van der Waals surface area (Å²) in [5.74, 6) is -0.0483. The van der Waals surface area contributed by atoms with Crippen molar-refractivity contribution >= 4 is 27.2 Å². The molecule has 1 aliphatic heterocycles. The standard InChI is InChI=1S/C26H38F3O7PSi/c1-16(13-21(18(3)30)37(5,32)36-15-26(27,28)29)9-10-19-23(33-4)17(2)20-14-35-25(31)22(20)24(19)34-11-12-38(6,7)8/h9,21H,10-15H2,1-8H3/b16-9+. The van der Waals surface area contributed by atoms with E-state index in [1.807, 2.05) is 6.92 Å². The van der Waals surface area contributed by atoms with Crippen molar-refractivity contribution in [3.63, 3.8) is 0 Å². The Balaban J connectivity index is 2.42. The van der Waals surface area contributed by atoms with Gasteiger partial charge in [0.2, 0.25) is 7.37 Å². The number of Topliss-reactive ketones (excluding diaryl/α,β-unsaturated/α-hetero) is 1. The zero-order valence-electron chi connectivity index (χ0n) is 23.3. The Kier molecular flexibility index (Phi) is 10.5. The van der Waals surface area contributed by atoms with E-state index < -0.39 is 45.6 Å². The van der Waals surface area contributed by atoms with Crippen molar-refractivity contribution in [1.29, 1.82) is 0 Å². The molecule has 0 radical (unpaired) electrons. The number of methoxy groups -OCH3 is 1. The number of fused-ring (bicyclic) bond motifs is 1. The van der Waals surface area contributed by atoms with Gasteiger partial charge in [0.25, 0.3) is 0 Å². The van der Waals surface area contributed by atoms with Gasteiger partial charge in [0.1, 0.15) is 36.1 Å². The lowest BCUT2D eigenvalue weighted by atomic mass is 9.94. The molecule has 0 aromatic heterocycles. The summed E-state index contributed by atoms with van der Waals surface area (Å²) < 4.78 is 72.7. The number of esters is 1. The van der Waals surface area contributed by atoms with Gasteiger partial charge < -0.3 is 18.7 Å². The first-order chi connectivity index (χ1) is 17.4. The molecule has 1 aliphatic rings. The maximum absolute atomic E-state index is 12.9. The highest BCUT2D eigenvalue weighted by Crippen LogP contribution is 2.51. The van der Waals surface area contributed by atoms with Crippen molar-refractivity contribution in [2.24, 2.45) is 0 Å². The number of allylic oxidation sites excluding steroid dienone is 2. The molecule has 214 valence electrons. The van der Waals surface area contributed by atoms with Crippen LogP contribution in [-0.2, 0) is 31.6 Å². The van der Waals surface area contributed by atoms with Crippen LogP contribution in [-0.4, -0.2) is 58.7 Å². The second-order valence-corrected chi connectivity index (χ2v) is 19.3. The summed E-state index contributed by atoms with van der Waals surface area (Å²) in [6.45, 7) is 11.3. The van der Waals surface area contributed by atoms with Crippen LogP contribution in [0.25, 0.3) is 0 Å². The van der Waals surface area contributed by atoms with E-state index in [1.165, 1.54) is 14.0 Å². The molecule has 0 N–H and O–H groups in total. The van der Waals surface area contributed by atoms with Gasteiger partial charge in [-0.1, -0.05) is 31.3 Å². The van der Waals surface area contributed by atoms with Gasteiger partial charge in [-0.2, -0.15) is 13.2 Å². The second kappa shape index (κ2) is 12.4. The minimum Gasteiger partial charge on any atom is -0.496 e. The quantitative estimate of drug-likeness (QED) is 0.111. The average Bonchev–Trinajstić information content (AvgIpc) is 3.16. The van der Waals surface area contributed by atoms with Crippen LogP contribution in [0.4, 0.5) is 13.2 Å². The normalized spacial score (nSPS) is 16.5. The molecule has 0 saturated carbocycles. The Morgan fingerprint density at radius 3 is 2.37 bits per heavy atom. The fraction of sp³-hybridized carbons (Fsp3) is 0.615. The maximum atomic E-state index is 12.9. The molecular weight excluding hydrogens is 540 g/mol.